The zero-order valence-corrected chi connectivity index (χ0v) is 18.0. The van der Waals surface area contributed by atoms with Gasteiger partial charge in [0, 0.05) is 11.6 Å². The zero-order chi connectivity index (χ0) is 23.1. The second-order valence-electron chi connectivity index (χ2n) is 7.04. The van der Waals surface area contributed by atoms with Crippen molar-refractivity contribution >= 4 is 23.6 Å². The number of hydrogen-bond donors (Lipinski definition) is 2. The van der Waals surface area contributed by atoms with Gasteiger partial charge in [-0.2, -0.15) is 5.10 Å². The highest BCUT2D eigenvalue weighted by molar-refractivity contribution is 5.96. The van der Waals surface area contributed by atoms with Crippen LogP contribution in [0.4, 0.5) is 5.82 Å². The van der Waals surface area contributed by atoms with Gasteiger partial charge < -0.3 is 20.1 Å². The highest BCUT2D eigenvalue weighted by Crippen LogP contribution is 2.17. The minimum absolute atomic E-state index is 0.342. The Morgan fingerprint density at radius 2 is 1.78 bits per heavy atom. The fourth-order valence-electron chi connectivity index (χ4n) is 2.87. The number of nitrogens with zero attached hydrogens (tertiary/aromatic N) is 2. The number of carbonyl (C=O) groups excluding carboxylic acids is 3. The standard InChI is InChI=1S/C23H24N4O5/c1-15-7-9-18(10-8-15)27-20(11-16(2)26-27)25-21(28)14-32-22(29)13-24-23(30)17-5-4-6-19(12-17)31-3/h4-12H,13-14H2,1-3H3,(H,24,30)(H,25,28). The molecule has 0 radical (unpaired) electrons. The molecule has 32 heavy (non-hydrogen) atoms. The van der Waals surface area contributed by atoms with E-state index in [9.17, 15) is 14.4 Å². The van der Waals surface area contributed by atoms with E-state index in [1.807, 2.05) is 38.1 Å². The maximum absolute atomic E-state index is 12.3. The first kappa shape index (κ1) is 22.5. The van der Waals surface area contributed by atoms with Crippen molar-refractivity contribution in [2.75, 3.05) is 25.6 Å². The number of carbonyl (C=O) groups is 3. The van der Waals surface area contributed by atoms with E-state index in [0.717, 1.165) is 16.9 Å². The molecule has 0 saturated carbocycles. The Balaban J connectivity index is 1.50. The van der Waals surface area contributed by atoms with Crippen molar-refractivity contribution in [1.29, 1.82) is 0 Å². The number of methoxy groups -OCH3 is 1. The average molecular weight is 436 g/mol. The molecule has 0 bridgehead atoms. The molecule has 166 valence electrons. The van der Waals surface area contributed by atoms with Gasteiger partial charge in [0.15, 0.2) is 6.61 Å². The van der Waals surface area contributed by atoms with Gasteiger partial charge in [-0.05, 0) is 44.2 Å². The third-order valence-corrected chi connectivity index (χ3v) is 4.47. The molecule has 0 fully saturated rings. The molecule has 0 saturated heterocycles. The second kappa shape index (κ2) is 10.3. The fraction of sp³-hybridized carbons (Fsp3) is 0.217. The zero-order valence-electron chi connectivity index (χ0n) is 18.0. The predicted molar refractivity (Wildman–Crippen MR) is 118 cm³/mol. The van der Waals surface area contributed by atoms with Gasteiger partial charge in [0.05, 0.1) is 18.5 Å². The molecule has 2 amide bonds. The van der Waals surface area contributed by atoms with Gasteiger partial charge in [0.1, 0.15) is 18.1 Å². The largest absolute Gasteiger partial charge is 0.497 e. The van der Waals surface area contributed by atoms with Gasteiger partial charge in [-0.25, -0.2) is 4.68 Å². The average Bonchev–Trinajstić information content (AvgIpc) is 3.16. The molecule has 2 N–H and O–H groups in total. The van der Waals surface area contributed by atoms with Crippen LogP contribution in [0.3, 0.4) is 0 Å². The number of benzene rings is 2. The molecule has 0 unspecified atom stereocenters. The second-order valence-corrected chi connectivity index (χ2v) is 7.04. The van der Waals surface area contributed by atoms with E-state index in [2.05, 4.69) is 15.7 Å². The fourth-order valence-corrected chi connectivity index (χ4v) is 2.87. The lowest BCUT2D eigenvalue weighted by molar-refractivity contribution is -0.146. The highest BCUT2D eigenvalue weighted by Gasteiger charge is 2.14. The van der Waals surface area contributed by atoms with E-state index in [1.54, 1.807) is 35.0 Å². The van der Waals surface area contributed by atoms with E-state index in [1.165, 1.54) is 7.11 Å². The molecule has 0 aliphatic rings. The van der Waals surface area contributed by atoms with Crippen LogP contribution in [0.2, 0.25) is 0 Å². The Hall–Kier alpha value is -4.14. The molecule has 9 nitrogen and oxygen atoms in total. The van der Waals surface area contributed by atoms with Crippen LogP contribution in [-0.2, 0) is 14.3 Å². The van der Waals surface area contributed by atoms with Crippen molar-refractivity contribution in [3.05, 3.63) is 71.4 Å². The van der Waals surface area contributed by atoms with Crippen LogP contribution >= 0.6 is 0 Å². The molecule has 3 aromatic rings. The number of rotatable bonds is 8. The number of hydrogen-bond acceptors (Lipinski definition) is 6. The van der Waals surface area contributed by atoms with Crippen molar-refractivity contribution in [3.8, 4) is 11.4 Å². The number of amides is 2. The number of esters is 1. The molecule has 0 aliphatic heterocycles. The smallest absolute Gasteiger partial charge is 0.325 e. The topological polar surface area (TPSA) is 112 Å². The van der Waals surface area contributed by atoms with Gasteiger partial charge in [0.25, 0.3) is 11.8 Å². The lowest BCUT2D eigenvalue weighted by Crippen LogP contribution is -2.32. The number of nitrogens with one attached hydrogen (secondary N) is 2. The van der Waals surface area contributed by atoms with Crippen molar-refractivity contribution in [3.63, 3.8) is 0 Å². The Morgan fingerprint density at radius 3 is 2.50 bits per heavy atom. The molecule has 1 aromatic heterocycles. The van der Waals surface area contributed by atoms with Crippen LogP contribution in [-0.4, -0.2) is 47.8 Å². The summed E-state index contributed by atoms with van der Waals surface area (Å²) in [4.78, 5) is 36.3. The number of ether oxygens (including phenoxy) is 2. The Morgan fingerprint density at radius 1 is 1.03 bits per heavy atom. The van der Waals surface area contributed by atoms with Crippen molar-refractivity contribution in [2.45, 2.75) is 13.8 Å². The molecule has 3 rings (SSSR count). The SMILES string of the molecule is COc1cccc(C(=O)NCC(=O)OCC(=O)Nc2cc(C)nn2-c2ccc(C)cc2)c1. The van der Waals surface area contributed by atoms with Gasteiger partial charge in [0.2, 0.25) is 0 Å². The predicted octanol–water partition coefficient (Wildman–Crippen LogP) is 2.41. The van der Waals surface area contributed by atoms with Crippen LogP contribution in [0, 0.1) is 13.8 Å². The molecular formula is C23H24N4O5. The lowest BCUT2D eigenvalue weighted by Gasteiger charge is -2.10. The van der Waals surface area contributed by atoms with Crippen LogP contribution in [0.1, 0.15) is 21.6 Å². The molecule has 9 heteroatoms. The Kier molecular flexibility index (Phi) is 7.22. The van der Waals surface area contributed by atoms with Crippen molar-refractivity contribution < 1.29 is 23.9 Å². The number of anilines is 1. The van der Waals surface area contributed by atoms with Crippen molar-refractivity contribution in [2.24, 2.45) is 0 Å². The quantitative estimate of drug-likeness (QED) is 0.525. The molecule has 1 heterocycles. The highest BCUT2D eigenvalue weighted by atomic mass is 16.5. The first-order valence-electron chi connectivity index (χ1n) is 9.87. The lowest BCUT2D eigenvalue weighted by atomic mass is 10.2. The maximum Gasteiger partial charge on any atom is 0.325 e. The van der Waals surface area contributed by atoms with Gasteiger partial charge in [-0.1, -0.05) is 23.8 Å². The van der Waals surface area contributed by atoms with Crippen LogP contribution in [0.5, 0.6) is 5.75 Å². The normalized spacial score (nSPS) is 10.3. The number of aryl methyl sites for hydroxylation is 2. The van der Waals surface area contributed by atoms with Crippen molar-refractivity contribution in [1.82, 2.24) is 15.1 Å². The van der Waals surface area contributed by atoms with E-state index in [0.29, 0.717) is 17.1 Å². The summed E-state index contributed by atoms with van der Waals surface area (Å²) >= 11 is 0. The molecular weight excluding hydrogens is 412 g/mol. The third kappa shape index (κ3) is 5.94. The summed E-state index contributed by atoms with van der Waals surface area (Å²) in [5.74, 6) is -0.733. The summed E-state index contributed by atoms with van der Waals surface area (Å²) in [6.07, 6.45) is 0. The number of aromatic nitrogens is 2. The van der Waals surface area contributed by atoms with Gasteiger partial charge >= 0.3 is 5.97 Å². The van der Waals surface area contributed by atoms with Crippen LogP contribution in [0.15, 0.2) is 54.6 Å². The Labute approximate surface area is 185 Å². The molecule has 0 spiro atoms. The maximum atomic E-state index is 12.3. The monoisotopic (exact) mass is 436 g/mol. The van der Waals surface area contributed by atoms with Crippen LogP contribution in [0.25, 0.3) is 5.69 Å². The molecule has 0 atom stereocenters. The summed E-state index contributed by atoms with van der Waals surface area (Å²) in [7, 11) is 1.49. The summed E-state index contributed by atoms with van der Waals surface area (Å²) in [6, 6.07) is 15.9. The Bertz CT molecular complexity index is 1120. The van der Waals surface area contributed by atoms with Gasteiger partial charge in [-0.15, -0.1) is 0 Å². The minimum atomic E-state index is -0.736. The molecule has 0 aliphatic carbocycles. The van der Waals surface area contributed by atoms with E-state index in [4.69, 9.17) is 9.47 Å². The third-order valence-electron chi connectivity index (χ3n) is 4.47. The minimum Gasteiger partial charge on any atom is -0.497 e. The van der Waals surface area contributed by atoms with Gasteiger partial charge in [-0.3, -0.25) is 14.4 Å². The van der Waals surface area contributed by atoms with E-state index < -0.39 is 24.4 Å². The first-order chi connectivity index (χ1) is 15.4. The van der Waals surface area contributed by atoms with E-state index >= 15 is 0 Å². The first-order valence-corrected chi connectivity index (χ1v) is 9.87. The summed E-state index contributed by atoms with van der Waals surface area (Å²) in [6.45, 7) is 2.93. The summed E-state index contributed by atoms with van der Waals surface area (Å²) in [5, 5.41) is 9.52. The van der Waals surface area contributed by atoms with E-state index in [-0.39, 0.29) is 6.54 Å². The summed E-state index contributed by atoms with van der Waals surface area (Å²) < 4.78 is 11.6. The molecule has 2 aromatic carbocycles. The summed E-state index contributed by atoms with van der Waals surface area (Å²) in [5.41, 5.74) is 2.96. The van der Waals surface area contributed by atoms with Crippen LogP contribution < -0.4 is 15.4 Å².